The van der Waals surface area contributed by atoms with Gasteiger partial charge in [-0.05, 0) is 34.1 Å². The molecule has 0 aliphatic rings. The number of nitrogens with zero attached hydrogens (tertiary/aromatic N) is 2. The minimum absolute atomic E-state index is 0.0486. The number of hydrogen-bond donors (Lipinski definition) is 0. The smallest absolute Gasteiger partial charge is 0.312 e. The predicted octanol–water partition coefficient (Wildman–Crippen LogP) is 4.81. The Hall–Kier alpha value is -2.17. The van der Waals surface area contributed by atoms with Gasteiger partial charge in [0.05, 0.1) is 26.1 Å². The van der Waals surface area contributed by atoms with Crippen LogP contribution in [0.3, 0.4) is 0 Å². The summed E-state index contributed by atoms with van der Waals surface area (Å²) in [5.41, 5.74) is -0.104. The molecule has 0 saturated carbocycles. The number of nitro groups is 1. The SMILES string of the molecule is N#Cc1ccc(Oc2cc(F)c(Br)cc2[N+](=O)[O-])c(Cl)c1. The first-order valence-electron chi connectivity index (χ1n) is 5.43. The van der Waals surface area contributed by atoms with Crippen LogP contribution in [0.25, 0.3) is 0 Å². The fourth-order valence-electron chi connectivity index (χ4n) is 1.51. The summed E-state index contributed by atoms with van der Waals surface area (Å²) in [4.78, 5) is 10.3. The molecule has 0 aromatic heterocycles. The third kappa shape index (κ3) is 3.29. The quantitative estimate of drug-likeness (QED) is 0.573. The molecule has 8 heteroatoms. The maximum atomic E-state index is 13.5. The lowest BCUT2D eigenvalue weighted by Gasteiger charge is -2.09. The zero-order chi connectivity index (χ0) is 15.6. The molecular formula is C13H5BrClFN2O3. The first-order valence-corrected chi connectivity index (χ1v) is 6.60. The van der Waals surface area contributed by atoms with Gasteiger partial charge >= 0.3 is 5.69 Å². The Bertz CT molecular complexity index is 777. The summed E-state index contributed by atoms with van der Waals surface area (Å²) < 4.78 is 18.8. The maximum Gasteiger partial charge on any atom is 0.312 e. The molecule has 21 heavy (non-hydrogen) atoms. The second-order valence-corrected chi connectivity index (χ2v) is 5.11. The van der Waals surface area contributed by atoms with Crippen LogP contribution in [-0.2, 0) is 0 Å². The summed E-state index contributed by atoms with van der Waals surface area (Å²) in [6.07, 6.45) is 0. The molecule has 0 radical (unpaired) electrons. The van der Waals surface area contributed by atoms with E-state index >= 15 is 0 Å². The lowest BCUT2D eigenvalue weighted by molar-refractivity contribution is -0.385. The van der Waals surface area contributed by atoms with E-state index in [1.54, 1.807) is 0 Å². The van der Waals surface area contributed by atoms with Crippen LogP contribution in [0.15, 0.2) is 34.8 Å². The largest absolute Gasteiger partial charge is 0.448 e. The van der Waals surface area contributed by atoms with Crippen LogP contribution in [0, 0.1) is 27.3 Å². The van der Waals surface area contributed by atoms with Gasteiger partial charge in [0.1, 0.15) is 11.6 Å². The molecule has 0 saturated heterocycles. The van der Waals surface area contributed by atoms with Crippen LogP contribution >= 0.6 is 27.5 Å². The van der Waals surface area contributed by atoms with Crippen molar-refractivity contribution in [3.05, 3.63) is 61.3 Å². The highest BCUT2D eigenvalue weighted by Crippen LogP contribution is 2.37. The van der Waals surface area contributed by atoms with Gasteiger partial charge in [0.15, 0.2) is 0 Å². The van der Waals surface area contributed by atoms with Crippen LogP contribution in [0.4, 0.5) is 10.1 Å². The number of nitro benzene ring substituents is 1. The number of nitriles is 1. The van der Waals surface area contributed by atoms with Gasteiger partial charge in [-0.25, -0.2) is 4.39 Å². The number of ether oxygens (including phenoxy) is 1. The fourth-order valence-corrected chi connectivity index (χ4v) is 2.06. The number of hydrogen-bond acceptors (Lipinski definition) is 4. The molecule has 0 N–H and O–H groups in total. The van der Waals surface area contributed by atoms with Gasteiger partial charge in [-0.2, -0.15) is 5.26 Å². The van der Waals surface area contributed by atoms with E-state index in [1.807, 2.05) is 6.07 Å². The molecule has 106 valence electrons. The molecule has 0 atom stereocenters. The van der Waals surface area contributed by atoms with Crippen molar-refractivity contribution in [2.45, 2.75) is 0 Å². The van der Waals surface area contributed by atoms with E-state index in [0.29, 0.717) is 5.56 Å². The summed E-state index contributed by atoms with van der Waals surface area (Å²) in [5.74, 6) is -0.909. The summed E-state index contributed by atoms with van der Waals surface area (Å²) in [5, 5.41) is 19.8. The molecule has 0 aliphatic carbocycles. The van der Waals surface area contributed by atoms with Crippen molar-refractivity contribution in [2.24, 2.45) is 0 Å². The second kappa shape index (κ2) is 6.08. The van der Waals surface area contributed by atoms with Gasteiger partial charge < -0.3 is 4.74 Å². The Morgan fingerprint density at radius 3 is 2.62 bits per heavy atom. The van der Waals surface area contributed by atoms with Gasteiger partial charge in [-0.15, -0.1) is 0 Å². The molecule has 2 aromatic rings. The van der Waals surface area contributed by atoms with E-state index in [1.165, 1.54) is 18.2 Å². The van der Waals surface area contributed by atoms with Crippen LogP contribution < -0.4 is 4.74 Å². The van der Waals surface area contributed by atoms with Crippen molar-refractivity contribution in [1.29, 1.82) is 5.26 Å². The topological polar surface area (TPSA) is 76.2 Å². The zero-order valence-corrected chi connectivity index (χ0v) is 12.5. The molecule has 0 fully saturated rings. The average Bonchev–Trinajstić information content (AvgIpc) is 2.44. The Kier molecular flexibility index (Phi) is 4.40. The number of benzene rings is 2. The molecule has 0 aliphatic heterocycles. The van der Waals surface area contributed by atoms with Crippen molar-refractivity contribution < 1.29 is 14.1 Å². The summed E-state index contributed by atoms with van der Waals surface area (Å²) >= 11 is 8.78. The van der Waals surface area contributed by atoms with E-state index in [2.05, 4.69) is 15.9 Å². The predicted molar refractivity (Wildman–Crippen MR) is 77.0 cm³/mol. The van der Waals surface area contributed by atoms with Crippen molar-refractivity contribution in [2.75, 3.05) is 0 Å². The Balaban J connectivity index is 2.46. The number of halogens is 3. The van der Waals surface area contributed by atoms with Gasteiger partial charge in [0.25, 0.3) is 0 Å². The third-order valence-corrected chi connectivity index (χ3v) is 3.38. The molecule has 2 aromatic carbocycles. The van der Waals surface area contributed by atoms with Gasteiger partial charge in [0.2, 0.25) is 5.75 Å². The maximum absolute atomic E-state index is 13.5. The second-order valence-electron chi connectivity index (χ2n) is 3.85. The highest BCUT2D eigenvalue weighted by Gasteiger charge is 2.20. The molecule has 0 amide bonds. The monoisotopic (exact) mass is 370 g/mol. The molecule has 0 unspecified atom stereocenters. The lowest BCUT2D eigenvalue weighted by atomic mass is 10.2. The first kappa shape index (κ1) is 15.2. The Morgan fingerprint density at radius 1 is 1.33 bits per heavy atom. The van der Waals surface area contributed by atoms with Crippen LogP contribution in [0.1, 0.15) is 5.56 Å². The normalized spacial score (nSPS) is 10.0. The Morgan fingerprint density at radius 2 is 2.05 bits per heavy atom. The van der Waals surface area contributed by atoms with E-state index in [-0.39, 0.29) is 21.0 Å². The van der Waals surface area contributed by atoms with Gasteiger partial charge in [-0.1, -0.05) is 11.6 Å². The molecule has 0 bridgehead atoms. The third-order valence-electron chi connectivity index (χ3n) is 2.48. The van der Waals surface area contributed by atoms with E-state index < -0.39 is 16.4 Å². The summed E-state index contributed by atoms with van der Waals surface area (Å²) in [6, 6.07) is 7.94. The molecule has 5 nitrogen and oxygen atoms in total. The van der Waals surface area contributed by atoms with Crippen LogP contribution in [-0.4, -0.2) is 4.92 Å². The minimum Gasteiger partial charge on any atom is -0.448 e. The van der Waals surface area contributed by atoms with E-state index in [9.17, 15) is 14.5 Å². The van der Waals surface area contributed by atoms with Crippen LogP contribution in [0.5, 0.6) is 11.5 Å². The van der Waals surface area contributed by atoms with Crippen molar-refractivity contribution in [1.82, 2.24) is 0 Å². The zero-order valence-electron chi connectivity index (χ0n) is 10.1. The Labute approximate surface area is 131 Å². The molecular weight excluding hydrogens is 367 g/mol. The first-order chi connectivity index (χ1) is 9.92. The lowest BCUT2D eigenvalue weighted by Crippen LogP contribution is -1.96. The minimum atomic E-state index is -0.708. The summed E-state index contributed by atoms with van der Waals surface area (Å²) in [6.45, 7) is 0. The fraction of sp³-hybridized carbons (Fsp3) is 0. The molecule has 0 heterocycles. The van der Waals surface area contributed by atoms with Gasteiger partial charge in [0, 0.05) is 12.1 Å². The number of rotatable bonds is 3. The van der Waals surface area contributed by atoms with Crippen molar-refractivity contribution in [3.8, 4) is 17.6 Å². The highest BCUT2D eigenvalue weighted by molar-refractivity contribution is 9.10. The average molecular weight is 372 g/mol. The van der Waals surface area contributed by atoms with Crippen molar-refractivity contribution >= 4 is 33.2 Å². The standard InChI is InChI=1S/C13H5BrClFN2O3/c14-8-4-11(18(19)20)13(5-10(8)16)21-12-2-1-7(6-17)3-9(12)15/h1-5H. The van der Waals surface area contributed by atoms with Crippen molar-refractivity contribution in [3.63, 3.8) is 0 Å². The molecule has 2 rings (SSSR count). The van der Waals surface area contributed by atoms with E-state index in [4.69, 9.17) is 21.6 Å². The van der Waals surface area contributed by atoms with Crippen LogP contribution in [0.2, 0.25) is 5.02 Å². The molecule has 0 spiro atoms. The van der Waals surface area contributed by atoms with Gasteiger partial charge in [-0.3, -0.25) is 10.1 Å². The highest BCUT2D eigenvalue weighted by atomic mass is 79.9. The summed E-state index contributed by atoms with van der Waals surface area (Å²) in [7, 11) is 0. The van der Waals surface area contributed by atoms with E-state index in [0.717, 1.165) is 12.1 Å².